The van der Waals surface area contributed by atoms with Crippen LogP contribution < -0.4 is 0 Å². The van der Waals surface area contributed by atoms with Crippen molar-refractivity contribution in [3.8, 4) is 0 Å². The highest BCUT2D eigenvalue weighted by molar-refractivity contribution is 7.48. The van der Waals surface area contributed by atoms with Gasteiger partial charge in [0.2, 0.25) is 0 Å². The van der Waals surface area contributed by atoms with E-state index in [1.165, 1.54) is 7.11 Å². The molecule has 4 nitrogen and oxygen atoms in total. The van der Waals surface area contributed by atoms with Gasteiger partial charge in [0, 0.05) is 7.11 Å². The van der Waals surface area contributed by atoms with Crippen molar-refractivity contribution in [1.29, 1.82) is 0 Å². The summed E-state index contributed by atoms with van der Waals surface area (Å²) < 4.78 is 55.2. The summed E-state index contributed by atoms with van der Waals surface area (Å²) in [5.74, 6) is 0. The fourth-order valence-electron chi connectivity index (χ4n) is 2.78. The Kier molecular flexibility index (Phi) is 5.96. The summed E-state index contributed by atoms with van der Waals surface area (Å²) in [5, 5.41) is 0. The lowest BCUT2D eigenvalue weighted by Gasteiger charge is -2.32. The van der Waals surface area contributed by atoms with E-state index in [1.807, 2.05) is 0 Å². The first-order valence-electron chi connectivity index (χ1n) is 7.35. The second-order valence-corrected chi connectivity index (χ2v) is 7.20. The zero-order valence-electron chi connectivity index (χ0n) is 11.8. The van der Waals surface area contributed by atoms with Crippen LogP contribution in [0.3, 0.4) is 0 Å². The number of hydrogen-bond donors (Lipinski definition) is 0. The Balaban J connectivity index is 1.95. The average molecular weight is 312 g/mol. The zero-order valence-corrected chi connectivity index (χ0v) is 12.7. The van der Waals surface area contributed by atoms with E-state index < -0.39 is 32.4 Å². The van der Waals surface area contributed by atoms with Gasteiger partial charge in [0.15, 0.2) is 0 Å². The third-order valence-electron chi connectivity index (χ3n) is 4.00. The molecule has 0 aliphatic heterocycles. The SMILES string of the molecule is COP(=O)(OC1CCCCC1F)OC1CCCCC1F. The van der Waals surface area contributed by atoms with Gasteiger partial charge in [0.1, 0.15) is 24.6 Å². The van der Waals surface area contributed by atoms with Gasteiger partial charge in [-0.1, -0.05) is 25.7 Å². The topological polar surface area (TPSA) is 44.8 Å². The fraction of sp³-hybridized carbons (Fsp3) is 1.00. The normalized spacial score (nSPS) is 38.4. The molecule has 0 amide bonds. The van der Waals surface area contributed by atoms with E-state index in [0.717, 1.165) is 25.7 Å². The Morgan fingerprint density at radius 3 is 1.60 bits per heavy atom. The van der Waals surface area contributed by atoms with Crippen molar-refractivity contribution in [2.24, 2.45) is 0 Å². The van der Waals surface area contributed by atoms with Gasteiger partial charge in [-0.25, -0.2) is 13.3 Å². The van der Waals surface area contributed by atoms with Gasteiger partial charge in [-0.05, 0) is 25.7 Å². The van der Waals surface area contributed by atoms with E-state index in [0.29, 0.717) is 25.7 Å². The predicted molar refractivity (Wildman–Crippen MR) is 71.1 cm³/mol. The summed E-state index contributed by atoms with van der Waals surface area (Å²) in [4.78, 5) is 0. The van der Waals surface area contributed by atoms with E-state index >= 15 is 0 Å². The number of phosphoric acid groups is 1. The molecule has 7 heteroatoms. The monoisotopic (exact) mass is 312 g/mol. The molecule has 2 rings (SSSR count). The number of hydrogen-bond acceptors (Lipinski definition) is 4. The van der Waals surface area contributed by atoms with Gasteiger partial charge in [-0.2, -0.15) is 0 Å². The summed E-state index contributed by atoms with van der Waals surface area (Å²) >= 11 is 0. The van der Waals surface area contributed by atoms with Gasteiger partial charge in [-0.15, -0.1) is 0 Å². The van der Waals surface area contributed by atoms with Crippen LogP contribution in [0.2, 0.25) is 0 Å². The molecule has 2 aliphatic carbocycles. The van der Waals surface area contributed by atoms with Crippen LogP contribution in [0.1, 0.15) is 51.4 Å². The van der Waals surface area contributed by atoms with Crippen molar-refractivity contribution in [3.63, 3.8) is 0 Å². The minimum Gasteiger partial charge on any atom is -0.290 e. The molecule has 0 aromatic heterocycles. The zero-order chi connectivity index (χ0) is 14.6. The molecule has 0 saturated heterocycles. The largest absolute Gasteiger partial charge is 0.475 e. The third-order valence-corrected chi connectivity index (χ3v) is 5.50. The maximum Gasteiger partial charge on any atom is 0.475 e. The van der Waals surface area contributed by atoms with Gasteiger partial charge < -0.3 is 0 Å². The molecular weight excluding hydrogens is 289 g/mol. The Bertz CT molecular complexity index is 327. The minimum atomic E-state index is -3.89. The highest BCUT2D eigenvalue weighted by atomic mass is 31.2. The van der Waals surface area contributed by atoms with E-state index in [9.17, 15) is 13.3 Å². The van der Waals surface area contributed by atoms with Crippen LogP contribution in [0.5, 0.6) is 0 Å². The third kappa shape index (κ3) is 4.23. The maximum absolute atomic E-state index is 13.7. The average Bonchev–Trinajstić information content (AvgIpc) is 2.44. The molecule has 0 bridgehead atoms. The number of phosphoric ester groups is 1. The Labute approximate surface area is 118 Å². The number of alkyl halides is 2. The molecule has 0 aromatic carbocycles. The molecular formula is C13H23F2O4P. The Morgan fingerprint density at radius 2 is 1.25 bits per heavy atom. The summed E-state index contributed by atoms with van der Waals surface area (Å²) in [6, 6.07) is 0. The number of rotatable bonds is 5. The maximum atomic E-state index is 13.7. The fourth-order valence-corrected chi connectivity index (χ4v) is 4.14. The molecule has 4 atom stereocenters. The van der Waals surface area contributed by atoms with Gasteiger partial charge in [0.05, 0.1) is 0 Å². The van der Waals surface area contributed by atoms with Crippen LogP contribution in [-0.4, -0.2) is 31.7 Å². The van der Waals surface area contributed by atoms with Gasteiger partial charge in [-0.3, -0.25) is 13.6 Å². The second-order valence-electron chi connectivity index (χ2n) is 5.52. The smallest absolute Gasteiger partial charge is 0.290 e. The van der Waals surface area contributed by atoms with Crippen molar-refractivity contribution in [2.75, 3.05) is 7.11 Å². The lowest BCUT2D eigenvalue weighted by molar-refractivity contribution is -0.0136. The molecule has 20 heavy (non-hydrogen) atoms. The molecule has 2 saturated carbocycles. The summed E-state index contributed by atoms with van der Waals surface area (Å²) in [6.45, 7) is 0. The number of halogens is 2. The first-order chi connectivity index (χ1) is 9.54. The van der Waals surface area contributed by atoms with E-state index in [2.05, 4.69) is 0 Å². The van der Waals surface area contributed by atoms with Crippen LogP contribution in [-0.2, 0) is 18.1 Å². The highest BCUT2D eigenvalue weighted by Crippen LogP contribution is 2.54. The predicted octanol–water partition coefficient (Wildman–Crippen LogP) is 4.34. The first kappa shape index (κ1) is 16.3. The van der Waals surface area contributed by atoms with Crippen LogP contribution in [0.15, 0.2) is 0 Å². The van der Waals surface area contributed by atoms with Gasteiger partial charge in [0.25, 0.3) is 0 Å². The van der Waals surface area contributed by atoms with E-state index in [-0.39, 0.29) is 0 Å². The summed E-state index contributed by atoms with van der Waals surface area (Å²) in [7, 11) is -2.70. The molecule has 0 heterocycles. The van der Waals surface area contributed by atoms with Crippen LogP contribution in [0.4, 0.5) is 8.78 Å². The van der Waals surface area contributed by atoms with Crippen molar-refractivity contribution in [3.05, 3.63) is 0 Å². The van der Waals surface area contributed by atoms with Crippen LogP contribution >= 0.6 is 7.82 Å². The van der Waals surface area contributed by atoms with E-state index in [4.69, 9.17) is 13.6 Å². The van der Waals surface area contributed by atoms with E-state index in [1.54, 1.807) is 0 Å². The quantitative estimate of drug-likeness (QED) is 0.709. The molecule has 2 fully saturated rings. The van der Waals surface area contributed by atoms with Crippen molar-refractivity contribution in [1.82, 2.24) is 0 Å². The molecule has 0 aromatic rings. The molecule has 0 radical (unpaired) electrons. The standard InChI is InChI=1S/C13H23F2O4P/c1-17-20(16,18-12-8-4-2-6-10(12)14)19-13-9-5-3-7-11(13)15/h10-13H,2-9H2,1H3. The van der Waals surface area contributed by atoms with Crippen molar-refractivity contribution < 1.29 is 26.9 Å². The Morgan fingerprint density at radius 1 is 0.850 bits per heavy atom. The Hall–Kier alpha value is -0.0300. The summed E-state index contributed by atoms with van der Waals surface area (Å²) in [5.41, 5.74) is 0. The minimum absolute atomic E-state index is 0.392. The van der Waals surface area contributed by atoms with Crippen LogP contribution in [0.25, 0.3) is 0 Å². The molecule has 2 aliphatic rings. The lowest BCUT2D eigenvalue weighted by Crippen LogP contribution is -2.32. The summed E-state index contributed by atoms with van der Waals surface area (Å²) in [6.07, 6.45) is 1.12. The molecule has 118 valence electrons. The molecule has 0 N–H and O–H groups in total. The second kappa shape index (κ2) is 7.30. The first-order valence-corrected chi connectivity index (χ1v) is 8.81. The van der Waals surface area contributed by atoms with Crippen molar-refractivity contribution >= 4 is 7.82 Å². The highest BCUT2D eigenvalue weighted by Gasteiger charge is 2.39. The lowest BCUT2D eigenvalue weighted by atomic mass is 9.96. The van der Waals surface area contributed by atoms with Crippen LogP contribution in [0, 0.1) is 0 Å². The molecule has 4 unspecified atom stereocenters. The van der Waals surface area contributed by atoms with Gasteiger partial charge >= 0.3 is 7.82 Å². The molecule has 0 spiro atoms. The van der Waals surface area contributed by atoms with Crippen molar-refractivity contribution in [2.45, 2.75) is 75.9 Å².